The molecule has 23 heavy (non-hydrogen) atoms. The lowest BCUT2D eigenvalue weighted by Crippen LogP contribution is -2.11. The van der Waals surface area contributed by atoms with Crippen LogP contribution < -0.4 is 10.1 Å². The minimum atomic E-state index is -0.224. The first-order valence-corrected chi connectivity index (χ1v) is 8.39. The van der Waals surface area contributed by atoms with Crippen LogP contribution in [0.25, 0.3) is 0 Å². The lowest BCUT2D eigenvalue weighted by Gasteiger charge is -2.02. The van der Waals surface area contributed by atoms with Crippen LogP contribution in [0, 0.1) is 0 Å². The Bertz CT molecular complexity index is 808. The molecule has 116 valence electrons. The summed E-state index contributed by atoms with van der Waals surface area (Å²) in [7, 11) is 0. The Morgan fingerprint density at radius 1 is 1.13 bits per heavy atom. The lowest BCUT2D eigenvalue weighted by atomic mass is 10.2. The van der Waals surface area contributed by atoms with E-state index in [-0.39, 0.29) is 5.91 Å². The van der Waals surface area contributed by atoms with Crippen molar-refractivity contribution < 1.29 is 9.53 Å². The Balaban J connectivity index is 1.60. The van der Waals surface area contributed by atoms with Gasteiger partial charge in [0, 0.05) is 10.0 Å². The fraction of sp³-hybridized carbons (Fsp3) is 0.0625. The molecule has 0 saturated heterocycles. The maximum absolute atomic E-state index is 12.1. The van der Waals surface area contributed by atoms with Crippen LogP contribution in [0.15, 0.2) is 59.1 Å². The van der Waals surface area contributed by atoms with Crippen molar-refractivity contribution >= 4 is 38.3 Å². The third-order valence-corrected chi connectivity index (χ3v) is 4.19. The summed E-state index contributed by atoms with van der Waals surface area (Å²) >= 11 is 4.63. The molecule has 0 saturated carbocycles. The Morgan fingerprint density at radius 3 is 2.74 bits per heavy atom. The molecule has 5 nitrogen and oxygen atoms in total. The third kappa shape index (κ3) is 4.37. The Hall–Kier alpha value is -2.25. The van der Waals surface area contributed by atoms with E-state index in [2.05, 4.69) is 31.4 Å². The van der Waals surface area contributed by atoms with Crippen molar-refractivity contribution in [2.24, 2.45) is 0 Å². The quantitative estimate of drug-likeness (QED) is 0.712. The molecule has 1 heterocycles. The van der Waals surface area contributed by atoms with E-state index in [0.717, 1.165) is 10.2 Å². The summed E-state index contributed by atoms with van der Waals surface area (Å²) < 4.78 is 6.45. The van der Waals surface area contributed by atoms with E-state index in [1.165, 1.54) is 11.3 Å². The zero-order chi connectivity index (χ0) is 16.1. The highest BCUT2D eigenvalue weighted by Crippen LogP contribution is 2.19. The van der Waals surface area contributed by atoms with Crippen LogP contribution in [-0.4, -0.2) is 16.1 Å². The average Bonchev–Trinajstić information content (AvgIpc) is 3.01. The van der Waals surface area contributed by atoms with E-state index in [1.54, 1.807) is 18.2 Å². The third-order valence-electron chi connectivity index (χ3n) is 2.88. The minimum absolute atomic E-state index is 0.224. The van der Waals surface area contributed by atoms with Gasteiger partial charge in [0.05, 0.1) is 0 Å². The molecule has 0 aliphatic rings. The number of hydrogen-bond donors (Lipinski definition) is 1. The lowest BCUT2D eigenvalue weighted by molar-refractivity contribution is 0.102. The summed E-state index contributed by atoms with van der Waals surface area (Å²) in [4.78, 5) is 12.1. The molecule has 3 rings (SSSR count). The van der Waals surface area contributed by atoms with Gasteiger partial charge < -0.3 is 4.74 Å². The van der Waals surface area contributed by atoms with E-state index >= 15 is 0 Å². The maximum atomic E-state index is 12.1. The van der Waals surface area contributed by atoms with Crippen LogP contribution >= 0.6 is 27.3 Å². The van der Waals surface area contributed by atoms with Gasteiger partial charge in [0.25, 0.3) is 5.91 Å². The predicted octanol–water partition coefficient (Wildman–Crippen LogP) is 4.13. The molecule has 1 amide bonds. The molecule has 1 aromatic heterocycles. The largest absolute Gasteiger partial charge is 0.486 e. The molecule has 0 aliphatic carbocycles. The summed E-state index contributed by atoms with van der Waals surface area (Å²) in [6.07, 6.45) is 0. The molecule has 0 spiro atoms. The highest BCUT2D eigenvalue weighted by molar-refractivity contribution is 9.10. The van der Waals surface area contributed by atoms with E-state index in [1.807, 2.05) is 36.4 Å². The van der Waals surface area contributed by atoms with Crippen LogP contribution in [-0.2, 0) is 6.61 Å². The molecule has 0 fully saturated rings. The molecular formula is C16H12BrN3O2S. The van der Waals surface area contributed by atoms with Gasteiger partial charge in [-0.15, -0.1) is 10.2 Å². The van der Waals surface area contributed by atoms with Gasteiger partial charge in [0.15, 0.2) is 5.01 Å². The number of carbonyl (C=O) groups excluding carboxylic acids is 1. The number of ether oxygens (including phenoxy) is 1. The molecule has 0 atom stereocenters. The van der Waals surface area contributed by atoms with Crippen molar-refractivity contribution in [3.05, 3.63) is 69.6 Å². The Morgan fingerprint density at radius 2 is 1.96 bits per heavy atom. The first kappa shape index (κ1) is 15.6. The second-order valence-corrected chi connectivity index (χ2v) is 6.54. The number of halogens is 1. The number of carbonyl (C=O) groups is 1. The van der Waals surface area contributed by atoms with Gasteiger partial charge in [0.2, 0.25) is 5.13 Å². The van der Waals surface area contributed by atoms with E-state index in [0.29, 0.717) is 22.3 Å². The monoisotopic (exact) mass is 389 g/mol. The second kappa shape index (κ2) is 7.34. The first-order valence-electron chi connectivity index (χ1n) is 6.78. The number of para-hydroxylation sites is 1. The number of nitrogens with zero attached hydrogens (tertiary/aromatic N) is 2. The Labute approximate surface area is 145 Å². The van der Waals surface area contributed by atoms with E-state index in [4.69, 9.17) is 4.74 Å². The Kier molecular flexibility index (Phi) is 4.99. The second-order valence-electron chi connectivity index (χ2n) is 4.57. The average molecular weight is 390 g/mol. The predicted molar refractivity (Wildman–Crippen MR) is 92.8 cm³/mol. The van der Waals surface area contributed by atoms with Gasteiger partial charge in [-0.25, -0.2) is 0 Å². The summed E-state index contributed by atoms with van der Waals surface area (Å²) in [6, 6.07) is 16.6. The zero-order valence-electron chi connectivity index (χ0n) is 11.9. The van der Waals surface area contributed by atoms with E-state index in [9.17, 15) is 4.79 Å². The molecule has 0 radical (unpaired) electrons. The van der Waals surface area contributed by atoms with Gasteiger partial charge in [-0.05, 0) is 30.3 Å². The maximum Gasteiger partial charge on any atom is 0.257 e. The first-order chi connectivity index (χ1) is 11.2. The number of amides is 1. The molecule has 7 heteroatoms. The van der Waals surface area contributed by atoms with Crippen molar-refractivity contribution in [3.63, 3.8) is 0 Å². The zero-order valence-corrected chi connectivity index (χ0v) is 14.3. The normalized spacial score (nSPS) is 10.3. The van der Waals surface area contributed by atoms with Gasteiger partial charge in [-0.1, -0.05) is 51.5 Å². The fourth-order valence-corrected chi connectivity index (χ4v) is 2.87. The summed E-state index contributed by atoms with van der Waals surface area (Å²) in [5, 5.41) is 11.8. The van der Waals surface area contributed by atoms with Crippen molar-refractivity contribution in [1.82, 2.24) is 10.2 Å². The highest BCUT2D eigenvalue weighted by atomic mass is 79.9. The summed E-state index contributed by atoms with van der Waals surface area (Å²) in [5.41, 5.74) is 0.552. The number of aromatic nitrogens is 2. The summed E-state index contributed by atoms with van der Waals surface area (Å²) in [5.74, 6) is 0.542. The van der Waals surface area contributed by atoms with Crippen LogP contribution in [0.4, 0.5) is 5.13 Å². The highest BCUT2D eigenvalue weighted by Gasteiger charge is 2.10. The minimum Gasteiger partial charge on any atom is -0.486 e. The van der Waals surface area contributed by atoms with Gasteiger partial charge in [0.1, 0.15) is 12.4 Å². The van der Waals surface area contributed by atoms with Crippen molar-refractivity contribution in [2.75, 3.05) is 5.32 Å². The van der Waals surface area contributed by atoms with Crippen LogP contribution in [0.2, 0.25) is 0 Å². The number of anilines is 1. The van der Waals surface area contributed by atoms with Gasteiger partial charge >= 0.3 is 0 Å². The van der Waals surface area contributed by atoms with Crippen molar-refractivity contribution in [1.29, 1.82) is 0 Å². The van der Waals surface area contributed by atoms with E-state index < -0.39 is 0 Å². The van der Waals surface area contributed by atoms with Gasteiger partial charge in [-0.2, -0.15) is 0 Å². The molecular weight excluding hydrogens is 378 g/mol. The van der Waals surface area contributed by atoms with Gasteiger partial charge in [-0.3, -0.25) is 10.1 Å². The SMILES string of the molecule is O=C(Nc1nnc(COc2ccccc2)s1)c1cccc(Br)c1. The molecule has 3 aromatic rings. The molecule has 2 aromatic carbocycles. The molecule has 0 unspecified atom stereocenters. The number of benzene rings is 2. The van der Waals surface area contributed by atoms with Crippen LogP contribution in [0.1, 0.15) is 15.4 Å². The smallest absolute Gasteiger partial charge is 0.257 e. The molecule has 0 aliphatic heterocycles. The standard InChI is InChI=1S/C16H12BrN3O2S/c17-12-6-4-5-11(9-12)15(21)18-16-20-19-14(23-16)10-22-13-7-2-1-3-8-13/h1-9H,10H2,(H,18,20,21). The van der Waals surface area contributed by atoms with Crippen LogP contribution in [0.5, 0.6) is 5.75 Å². The fourth-order valence-electron chi connectivity index (χ4n) is 1.82. The number of nitrogens with one attached hydrogen (secondary N) is 1. The van der Waals surface area contributed by atoms with Crippen LogP contribution in [0.3, 0.4) is 0 Å². The number of rotatable bonds is 5. The van der Waals surface area contributed by atoms with Crippen molar-refractivity contribution in [2.45, 2.75) is 6.61 Å². The topological polar surface area (TPSA) is 64.1 Å². The number of hydrogen-bond acceptors (Lipinski definition) is 5. The molecule has 1 N–H and O–H groups in total. The van der Waals surface area contributed by atoms with Crippen molar-refractivity contribution in [3.8, 4) is 5.75 Å². The molecule has 0 bridgehead atoms. The summed E-state index contributed by atoms with van der Waals surface area (Å²) in [6.45, 7) is 0.314.